The highest BCUT2D eigenvalue weighted by atomic mass is 32.2. The van der Waals surface area contributed by atoms with E-state index in [1.807, 2.05) is 0 Å². The molecule has 0 bridgehead atoms. The maximum absolute atomic E-state index is 11.8. The van der Waals surface area contributed by atoms with Crippen LogP contribution < -0.4 is 0 Å². The molecule has 18 heavy (non-hydrogen) atoms. The number of furan rings is 1. The van der Waals surface area contributed by atoms with Crippen LogP contribution in [0.25, 0.3) is 0 Å². The van der Waals surface area contributed by atoms with Crippen molar-refractivity contribution in [2.24, 2.45) is 0 Å². The zero-order valence-corrected chi connectivity index (χ0v) is 11.5. The van der Waals surface area contributed by atoms with Crippen molar-refractivity contribution in [1.29, 1.82) is 0 Å². The lowest BCUT2D eigenvalue weighted by molar-refractivity contribution is 0.0661. The molecule has 1 heterocycles. The maximum Gasteiger partial charge on any atom is 0.371 e. The summed E-state index contributed by atoms with van der Waals surface area (Å²) in [7, 11) is -1.02. The molecule has 0 saturated heterocycles. The van der Waals surface area contributed by atoms with Gasteiger partial charge in [0.05, 0.1) is 5.75 Å². The van der Waals surface area contributed by atoms with Gasteiger partial charge in [0.15, 0.2) is 0 Å². The van der Waals surface area contributed by atoms with Gasteiger partial charge >= 0.3 is 5.97 Å². The number of aromatic carboxylic acids is 1. The summed E-state index contributed by atoms with van der Waals surface area (Å²) in [6.45, 7) is 6.80. The van der Waals surface area contributed by atoms with Crippen LogP contribution >= 0.6 is 0 Å². The predicted molar refractivity (Wildman–Crippen MR) is 70.2 cm³/mol. The molecule has 0 radical (unpaired) electrons. The Balaban J connectivity index is 2.41. The van der Waals surface area contributed by atoms with Crippen molar-refractivity contribution in [1.82, 2.24) is 4.90 Å². The second-order valence-corrected chi connectivity index (χ2v) is 5.46. The third kappa shape index (κ3) is 4.62. The van der Waals surface area contributed by atoms with Gasteiger partial charge < -0.3 is 14.4 Å². The molecule has 1 rings (SSSR count). The van der Waals surface area contributed by atoms with Gasteiger partial charge in [-0.3, -0.25) is 4.21 Å². The molecular weight excluding hydrogens is 254 g/mol. The molecular formula is C12H19NO4S. The molecule has 0 fully saturated rings. The topological polar surface area (TPSA) is 70.8 Å². The molecule has 1 N–H and O–H groups in total. The number of hydrogen-bond acceptors (Lipinski definition) is 4. The van der Waals surface area contributed by atoms with Gasteiger partial charge in [0, 0.05) is 23.1 Å². The smallest absolute Gasteiger partial charge is 0.371 e. The van der Waals surface area contributed by atoms with Crippen LogP contribution in [0.5, 0.6) is 0 Å². The van der Waals surface area contributed by atoms with E-state index < -0.39 is 16.8 Å². The average Bonchev–Trinajstić information content (AvgIpc) is 2.79. The van der Waals surface area contributed by atoms with Crippen LogP contribution in [-0.2, 0) is 16.6 Å². The van der Waals surface area contributed by atoms with E-state index in [1.165, 1.54) is 6.07 Å². The molecule has 0 amide bonds. The Bertz CT molecular complexity index is 412. The van der Waals surface area contributed by atoms with Crippen LogP contribution in [-0.4, -0.2) is 45.6 Å². The first kappa shape index (κ1) is 14.9. The van der Waals surface area contributed by atoms with Gasteiger partial charge in [-0.25, -0.2) is 4.79 Å². The molecule has 1 aromatic rings. The van der Waals surface area contributed by atoms with Gasteiger partial charge in [-0.15, -0.1) is 0 Å². The highest BCUT2D eigenvalue weighted by Crippen LogP contribution is 2.10. The molecule has 0 aliphatic rings. The van der Waals surface area contributed by atoms with Gasteiger partial charge in [0.2, 0.25) is 5.76 Å². The van der Waals surface area contributed by atoms with Crippen molar-refractivity contribution < 1.29 is 18.5 Å². The van der Waals surface area contributed by atoms with Crippen LogP contribution in [0.1, 0.15) is 30.2 Å². The van der Waals surface area contributed by atoms with Crippen LogP contribution in [0.4, 0.5) is 0 Å². The summed E-state index contributed by atoms with van der Waals surface area (Å²) in [5.74, 6) is 0.102. The second-order valence-electron chi connectivity index (χ2n) is 3.89. The number of nitrogens with zero attached hydrogens (tertiary/aromatic N) is 1. The summed E-state index contributed by atoms with van der Waals surface area (Å²) in [6, 6.07) is 2.96. The number of hydrogen-bond donors (Lipinski definition) is 1. The number of carboxylic acids is 1. The summed E-state index contributed by atoms with van der Waals surface area (Å²) in [4.78, 5) is 12.8. The normalized spacial score (nSPS) is 12.8. The fourth-order valence-corrected chi connectivity index (χ4v) is 2.65. The number of carboxylic acid groups (broad SMARTS) is 1. The molecule has 102 valence electrons. The van der Waals surface area contributed by atoms with Crippen molar-refractivity contribution >= 4 is 16.8 Å². The average molecular weight is 273 g/mol. The molecule has 6 heteroatoms. The van der Waals surface area contributed by atoms with Gasteiger partial charge in [-0.05, 0) is 25.2 Å². The summed E-state index contributed by atoms with van der Waals surface area (Å²) in [5, 5.41) is 8.70. The van der Waals surface area contributed by atoms with Crippen LogP contribution in [0, 0.1) is 0 Å². The van der Waals surface area contributed by atoms with Crippen molar-refractivity contribution in [3.63, 3.8) is 0 Å². The van der Waals surface area contributed by atoms with Crippen LogP contribution in [0.2, 0.25) is 0 Å². The highest BCUT2D eigenvalue weighted by molar-refractivity contribution is 7.84. The largest absolute Gasteiger partial charge is 0.475 e. The molecule has 0 aliphatic heterocycles. The Hall–Kier alpha value is -1.14. The lowest BCUT2D eigenvalue weighted by Crippen LogP contribution is -2.27. The Morgan fingerprint density at radius 3 is 2.56 bits per heavy atom. The van der Waals surface area contributed by atoms with E-state index in [1.54, 1.807) is 6.07 Å². The SMILES string of the molecule is CCN(CC)CCS(=O)Cc1ccc(C(=O)O)o1. The summed E-state index contributed by atoms with van der Waals surface area (Å²) >= 11 is 0. The number of carbonyl (C=O) groups is 1. The third-order valence-electron chi connectivity index (χ3n) is 2.71. The molecule has 0 aromatic carbocycles. The molecule has 1 unspecified atom stereocenters. The fourth-order valence-electron chi connectivity index (χ4n) is 1.57. The van der Waals surface area contributed by atoms with E-state index in [0.717, 1.165) is 19.6 Å². The van der Waals surface area contributed by atoms with Gasteiger partial charge in [-0.1, -0.05) is 13.8 Å². The highest BCUT2D eigenvalue weighted by Gasteiger charge is 2.11. The third-order valence-corrected chi connectivity index (χ3v) is 3.95. The van der Waals surface area contributed by atoms with Gasteiger partial charge in [0.1, 0.15) is 5.76 Å². The number of rotatable bonds is 8. The van der Waals surface area contributed by atoms with E-state index in [9.17, 15) is 9.00 Å². The first-order valence-electron chi connectivity index (χ1n) is 5.96. The molecule has 1 aromatic heterocycles. The Morgan fingerprint density at radius 1 is 1.39 bits per heavy atom. The minimum atomic E-state index is -1.10. The predicted octanol–water partition coefficient (Wildman–Crippen LogP) is 1.57. The maximum atomic E-state index is 11.8. The Labute approximate surface area is 109 Å². The van der Waals surface area contributed by atoms with Crippen LogP contribution in [0.3, 0.4) is 0 Å². The summed E-state index contributed by atoms with van der Waals surface area (Å²) < 4.78 is 16.9. The van der Waals surface area contributed by atoms with E-state index in [0.29, 0.717) is 11.5 Å². The fraction of sp³-hybridized carbons (Fsp3) is 0.583. The van der Waals surface area contributed by atoms with Crippen molar-refractivity contribution in [2.45, 2.75) is 19.6 Å². The minimum Gasteiger partial charge on any atom is -0.475 e. The van der Waals surface area contributed by atoms with Gasteiger partial charge in [0.25, 0.3) is 0 Å². The van der Waals surface area contributed by atoms with Crippen LogP contribution in [0.15, 0.2) is 16.5 Å². The molecule has 0 saturated carbocycles. The summed E-state index contributed by atoms with van der Waals surface area (Å²) in [5.41, 5.74) is 0. The molecule has 1 atom stereocenters. The zero-order valence-electron chi connectivity index (χ0n) is 10.7. The lowest BCUT2D eigenvalue weighted by atomic mass is 10.4. The first-order chi connectivity index (χ1) is 8.56. The van der Waals surface area contributed by atoms with E-state index in [4.69, 9.17) is 9.52 Å². The monoisotopic (exact) mass is 273 g/mol. The lowest BCUT2D eigenvalue weighted by Gasteiger charge is -2.16. The van der Waals surface area contributed by atoms with Crippen molar-refractivity contribution in [3.8, 4) is 0 Å². The summed E-state index contributed by atoms with van der Waals surface area (Å²) in [6.07, 6.45) is 0. The molecule has 0 spiro atoms. The Morgan fingerprint density at radius 2 is 2.06 bits per heavy atom. The van der Waals surface area contributed by atoms with E-state index >= 15 is 0 Å². The first-order valence-corrected chi connectivity index (χ1v) is 7.45. The molecule has 0 aliphatic carbocycles. The van der Waals surface area contributed by atoms with Gasteiger partial charge in [-0.2, -0.15) is 0 Å². The standard InChI is InChI=1S/C12H19NO4S/c1-3-13(4-2)7-8-18(16)9-10-5-6-11(17-10)12(14)15/h5-6H,3-4,7-9H2,1-2H3,(H,14,15). The van der Waals surface area contributed by atoms with E-state index in [-0.39, 0.29) is 11.5 Å². The van der Waals surface area contributed by atoms with E-state index in [2.05, 4.69) is 18.7 Å². The minimum absolute atomic E-state index is 0.106. The quantitative estimate of drug-likeness (QED) is 0.778. The second kappa shape index (κ2) is 7.33. The Kier molecular flexibility index (Phi) is 6.07. The molecule has 5 nitrogen and oxygen atoms in total. The van der Waals surface area contributed by atoms with Crippen molar-refractivity contribution in [2.75, 3.05) is 25.4 Å². The van der Waals surface area contributed by atoms with Crippen molar-refractivity contribution in [3.05, 3.63) is 23.7 Å². The zero-order chi connectivity index (χ0) is 13.5.